The number of hydrogen-bond acceptors (Lipinski definition) is 5. The number of thiophene rings is 1. The summed E-state index contributed by atoms with van der Waals surface area (Å²) in [5.74, 6) is -0.0292. The molecule has 0 saturated heterocycles. The Labute approximate surface area is 155 Å². The first-order chi connectivity index (χ1) is 11.9. The van der Waals surface area contributed by atoms with Crippen LogP contribution in [-0.4, -0.2) is 15.3 Å². The lowest BCUT2D eigenvalue weighted by Crippen LogP contribution is -2.24. The zero-order chi connectivity index (χ0) is 17.7. The molecule has 0 spiro atoms. The van der Waals surface area contributed by atoms with Crippen LogP contribution in [-0.2, 0) is 6.54 Å². The third kappa shape index (κ3) is 2.73. The van der Waals surface area contributed by atoms with E-state index in [1.807, 2.05) is 26.0 Å². The molecule has 0 bridgehead atoms. The molecule has 0 aliphatic carbocycles. The van der Waals surface area contributed by atoms with Gasteiger partial charge in [-0.25, -0.2) is 4.98 Å². The van der Waals surface area contributed by atoms with Gasteiger partial charge in [0.25, 0.3) is 5.56 Å². The average Bonchev–Trinajstić information content (AvgIpc) is 3.11. The summed E-state index contributed by atoms with van der Waals surface area (Å²) in [5, 5.41) is 1.43. The molecule has 0 radical (unpaired) electrons. The third-order valence-electron chi connectivity index (χ3n) is 4.22. The van der Waals surface area contributed by atoms with Crippen molar-refractivity contribution in [1.29, 1.82) is 0 Å². The predicted octanol–water partition coefficient (Wildman–Crippen LogP) is 4.47. The number of carbonyl (C=O) groups is 1. The van der Waals surface area contributed by atoms with Crippen LogP contribution in [0.4, 0.5) is 0 Å². The summed E-state index contributed by atoms with van der Waals surface area (Å²) in [7, 11) is 0. The Morgan fingerprint density at radius 1 is 1.32 bits per heavy atom. The predicted molar refractivity (Wildman–Crippen MR) is 102 cm³/mol. The Balaban J connectivity index is 1.72. The first kappa shape index (κ1) is 16.2. The Bertz CT molecular complexity index is 1200. The summed E-state index contributed by atoms with van der Waals surface area (Å²) in [6, 6.07) is 7.23. The number of aromatic nitrogens is 2. The van der Waals surface area contributed by atoms with E-state index < -0.39 is 0 Å². The molecule has 5 nitrogen and oxygen atoms in total. The van der Waals surface area contributed by atoms with Gasteiger partial charge in [-0.05, 0) is 43.7 Å². The molecular weight excluding hydrogens is 404 g/mol. The lowest BCUT2D eigenvalue weighted by Gasteiger charge is -2.03. The van der Waals surface area contributed by atoms with Crippen molar-refractivity contribution in [3.05, 3.63) is 61.6 Å². The van der Waals surface area contributed by atoms with Gasteiger partial charge >= 0.3 is 0 Å². The van der Waals surface area contributed by atoms with Gasteiger partial charge in [-0.1, -0.05) is 15.9 Å². The summed E-state index contributed by atoms with van der Waals surface area (Å²) in [4.78, 5) is 31.3. The third-order valence-corrected chi connectivity index (χ3v) is 5.83. The van der Waals surface area contributed by atoms with E-state index in [1.165, 1.54) is 22.2 Å². The van der Waals surface area contributed by atoms with Crippen LogP contribution in [0.3, 0.4) is 0 Å². The monoisotopic (exact) mass is 416 g/mol. The van der Waals surface area contributed by atoms with E-state index in [2.05, 4.69) is 20.9 Å². The van der Waals surface area contributed by atoms with Gasteiger partial charge in [0, 0.05) is 14.7 Å². The van der Waals surface area contributed by atoms with Crippen LogP contribution < -0.4 is 5.56 Å². The number of fused-ring (bicyclic) bond motifs is 2. The number of benzene rings is 1. The van der Waals surface area contributed by atoms with Gasteiger partial charge in [-0.3, -0.25) is 14.2 Å². The molecule has 3 aromatic heterocycles. The Hall–Kier alpha value is -2.25. The first-order valence-corrected chi connectivity index (χ1v) is 9.22. The summed E-state index contributed by atoms with van der Waals surface area (Å²) in [5.41, 5.74) is 1.36. The maximum absolute atomic E-state index is 12.7. The van der Waals surface area contributed by atoms with Gasteiger partial charge < -0.3 is 4.42 Å². The molecule has 0 atom stereocenters. The lowest BCUT2D eigenvalue weighted by molar-refractivity contribution is 0.0945. The second-order valence-corrected chi connectivity index (χ2v) is 7.98. The number of hydrogen-bond donors (Lipinski definition) is 0. The highest BCUT2D eigenvalue weighted by atomic mass is 79.9. The molecule has 7 heteroatoms. The maximum Gasteiger partial charge on any atom is 0.262 e. The van der Waals surface area contributed by atoms with Crippen molar-refractivity contribution >= 4 is 54.2 Å². The van der Waals surface area contributed by atoms with Gasteiger partial charge in [-0.2, -0.15) is 0 Å². The standard InChI is InChI=1S/C18H13BrN2O3S/c1-9-10(2)25-17-16(9)18(23)21(8-20-17)7-13(22)15-6-11-5-12(19)3-4-14(11)24-15/h3-6,8H,7H2,1-2H3. The first-order valence-electron chi connectivity index (χ1n) is 7.61. The Morgan fingerprint density at radius 2 is 2.12 bits per heavy atom. The smallest absolute Gasteiger partial charge is 0.262 e. The average molecular weight is 417 g/mol. The van der Waals surface area contributed by atoms with Crippen molar-refractivity contribution in [2.24, 2.45) is 0 Å². The minimum absolute atomic E-state index is 0.100. The quantitative estimate of drug-likeness (QED) is 0.462. The van der Waals surface area contributed by atoms with Crippen LogP contribution in [0.1, 0.15) is 21.0 Å². The highest BCUT2D eigenvalue weighted by Gasteiger charge is 2.17. The van der Waals surface area contributed by atoms with Crippen LogP contribution in [0.2, 0.25) is 0 Å². The number of carbonyl (C=O) groups excluding carboxylic acids is 1. The second kappa shape index (κ2) is 5.93. The molecule has 0 aliphatic heterocycles. The fourth-order valence-corrected chi connectivity index (χ4v) is 4.13. The molecule has 4 rings (SSSR count). The maximum atomic E-state index is 12.7. The van der Waals surface area contributed by atoms with E-state index in [1.54, 1.807) is 12.1 Å². The molecule has 126 valence electrons. The van der Waals surface area contributed by atoms with Gasteiger partial charge in [-0.15, -0.1) is 11.3 Å². The lowest BCUT2D eigenvalue weighted by atomic mass is 10.2. The van der Waals surface area contributed by atoms with Crippen molar-refractivity contribution < 1.29 is 9.21 Å². The van der Waals surface area contributed by atoms with Crippen LogP contribution >= 0.6 is 27.3 Å². The molecule has 1 aromatic carbocycles. The number of ketones is 1. The summed E-state index contributed by atoms with van der Waals surface area (Å²) in [6.07, 6.45) is 1.43. The molecule has 3 heterocycles. The van der Waals surface area contributed by atoms with Gasteiger partial charge in [0.1, 0.15) is 10.4 Å². The molecule has 0 amide bonds. The summed E-state index contributed by atoms with van der Waals surface area (Å²) < 4.78 is 7.86. The Morgan fingerprint density at radius 3 is 2.92 bits per heavy atom. The van der Waals surface area contributed by atoms with Crippen molar-refractivity contribution in [3.8, 4) is 0 Å². The molecule has 4 aromatic rings. The molecular formula is C18H13BrN2O3S. The SMILES string of the molecule is Cc1sc2ncn(CC(=O)c3cc4cc(Br)ccc4o3)c(=O)c2c1C. The highest BCUT2D eigenvalue weighted by Crippen LogP contribution is 2.26. The van der Waals surface area contributed by atoms with E-state index in [0.29, 0.717) is 15.8 Å². The Kier molecular flexibility index (Phi) is 3.85. The topological polar surface area (TPSA) is 65.1 Å². The number of rotatable bonds is 3. The summed E-state index contributed by atoms with van der Waals surface area (Å²) >= 11 is 4.88. The number of furan rings is 1. The van der Waals surface area contributed by atoms with Crippen LogP contribution in [0.5, 0.6) is 0 Å². The van der Waals surface area contributed by atoms with Crippen molar-refractivity contribution in [1.82, 2.24) is 9.55 Å². The molecule has 0 unspecified atom stereocenters. The van der Waals surface area contributed by atoms with E-state index in [4.69, 9.17) is 4.42 Å². The summed E-state index contributed by atoms with van der Waals surface area (Å²) in [6.45, 7) is 3.76. The molecule has 0 fully saturated rings. The van der Waals surface area contributed by atoms with Gasteiger partial charge in [0.2, 0.25) is 5.78 Å². The van der Waals surface area contributed by atoms with Crippen molar-refractivity contribution in [2.75, 3.05) is 0 Å². The fourth-order valence-electron chi connectivity index (χ4n) is 2.77. The van der Waals surface area contributed by atoms with E-state index >= 15 is 0 Å². The second-order valence-electron chi connectivity index (χ2n) is 5.86. The van der Waals surface area contributed by atoms with Gasteiger partial charge in [0.15, 0.2) is 5.76 Å². The number of aryl methyl sites for hydroxylation is 2. The number of halogens is 1. The van der Waals surface area contributed by atoms with E-state index in [9.17, 15) is 9.59 Å². The number of nitrogens with zero attached hydrogens (tertiary/aromatic N) is 2. The largest absolute Gasteiger partial charge is 0.453 e. The van der Waals surface area contributed by atoms with Crippen LogP contribution in [0, 0.1) is 13.8 Å². The van der Waals surface area contributed by atoms with E-state index in [0.717, 1.165) is 20.3 Å². The molecule has 0 N–H and O–H groups in total. The molecule has 0 aliphatic rings. The number of Topliss-reactive ketones (excluding diaryl/α,β-unsaturated/α-hetero) is 1. The van der Waals surface area contributed by atoms with Crippen molar-refractivity contribution in [3.63, 3.8) is 0 Å². The normalized spacial score (nSPS) is 11.5. The highest BCUT2D eigenvalue weighted by molar-refractivity contribution is 9.10. The molecule has 25 heavy (non-hydrogen) atoms. The molecule has 0 saturated carbocycles. The fraction of sp³-hybridized carbons (Fsp3) is 0.167. The zero-order valence-corrected chi connectivity index (χ0v) is 15.9. The zero-order valence-electron chi connectivity index (χ0n) is 13.5. The minimum Gasteiger partial charge on any atom is -0.453 e. The van der Waals surface area contributed by atoms with E-state index in [-0.39, 0.29) is 23.6 Å². The van der Waals surface area contributed by atoms with Crippen LogP contribution in [0.15, 0.2) is 44.3 Å². The van der Waals surface area contributed by atoms with Crippen LogP contribution in [0.25, 0.3) is 21.2 Å². The minimum atomic E-state index is -0.264. The van der Waals surface area contributed by atoms with Crippen molar-refractivity contribution in [2.45, 2.75) is 20.4 Å². The van der Waals surface area contributed by atoms with Gasteiger partial charge in [0.05, 0.1) is 18.3 Å².